The molecule has 4 rings (SSSR count). The van der Waals surface area contributed by atoms with Gasteiger partial charge in [0.2, 0.25) is 17.5 Å². The molecule has 0 N–H and O–H groups in total. The maximum absolute atomic E-state index is 13.6. The second-order valence-corrected chi connectivity index (χ2v) is 8.10. The Morgan fingerprint density at radius 1 is 1.09 bits per heavy atom. The third kappa shape index (κ3) is 4.82. The molecule has 2 aromatic carbocycles. The molecule has 0 bridgehead atoms. The van der Waals surface area contributed by atoms with E-state index in [1.54, 1.807) is 23.1 Å². The lowest BCUT2D eigenvalue weighted by Gasteiger charge is -2.23. The number of carbonyl (C=O) groups excluding carboxylic acids is 1. The van der Waals surface area contributed by atoms with Crippen LogP contribution in [-0.4, -0.2) is 47.3 Å². The van der Waals surface area contributed by atoms with Crippen molar-refractivity contribution >= 4 is 17.5 Å². The lowest BCUT2D eigenvalue weighted by Crippen LogP contribution is -2.30. The molecule has 1 aliphatic heterocycles. The van der Waals surface area contributed by atoms with Gasteiger partial charge in [-0.2, -0.15) is 4.98 Å². The summed E-state index contributed by atoms with van der Waals surface area (Å²) in [6, 6.07) is 10.4. The van der Waals surface area contributed by atoms with Gasteiger partial charge >= 0.3 is 0 Å². The molecule has 0 aliphatic carbocycles. The molecule has 3 aromatic rings. The van der Waals surface area contributed by atoms with Crippen molar-refractivity contribution < 1.29 is 23.5 Å². The Morgan fingerprint density at radius 2 is 1.76 bits per heavy atom. The molecule has 0 radical (unpaired) electrons. The van der Waals surface area contributed by atoms with Crippen molar-refractivity contribution in [1.29, 1.82) is 0 Å². The third-order valence-electron chi connectivity index (χ3n) is 5.51. The van der Waals surface area contributed by atoms with E-state index in [1.165, 1.54) is 0 Å². The van der Waals surface area contributed by atoms with E-state index in [1.807, 2.05) is 39.0 Å². The van der Waals surface area contributed by atoms with Crippen molar-refractivity contribution in [2.24, 2.45) is 0 Å². The second-order valence-electron chi connectivity index (χ2n) is 7.69. The van der Waals surface area contributed by atoms with E-state index >= 15 is 0 Å². The Balaban J connectivity index is 1.64. The van der Waals surface area contributed by atoms with Crippen LogP contribution < -0.4 is 14.2 Å². The number of ether oxygens (including phenoxy) is 3. The molecule has 1 aromatic heterocycles. The minimum absolute atomic E-state index is 0.162. The molecule has 0 unspecified atom stereocenters. The number of carbonyl (C=O) groups is 1. The fraction of sp³-hybridized carbons (Fsp3) is 0.400. The van der Waals surface area contributed by atoms with Crippen LogP contribution in [0.2, 0.25) is 5.02 Å². The maximum Gasteiger partial charge on any atom is 0.254 e. The van der Waals surface area contributed by atoms with Gasteiger partial charge < -0.3 is 23.6 Å². The van der Waals surface area contributed by atoms with Crippen molar-refractivity contribution in [2.45, 2.75) is 39.7 Å². The first-order valence-electron chi connectivity index (χ1n) is 11.5. The molecule has 9 heteroatoms. The van der Waals surface area contributed by atoms with Crippen LogP contribution in [0, 0.1) is 0 Å². The molecule has 34 heavy (non-hydrogen) atoms. The van der Waals surface area contributed by atoms with E-state index in [4.69, 9.17) is 30.3 Å². The van der Waals surface area contributed by atoms with Crippen LogP contribution >= 0.6 is 11.6 Å². The topological polar surface area (TPSA) is 86.9 Å². The number of hydrogen-bond acceptors (Lipinski definition) is 7. The zero-order chi connectivity index (χ0) is 24.1. The Bertz CT molecular complexity index is 1120. The summed E-state index contributed by atoms with van der Waals surface area (Å²) in [5, 5.41) is 4.64. The predicted molar refractivity (Wildman–Crippen MR) is 128 cm³/mol. The summed E-state index contributed by atoms with van der Waals surface area (Å²) in [7, 11) is 0. The summed E-state index contributed by atoms with van der Waals surface area (Å²) in [5.74, 6) is 2.09. The third-order valence-corrected chi connectivity index (χ3v) is 5.84. The van der Waals surface area contributed by atoms with Gasteiger partial charge in [-0.3, -0.25) is 4.79 Å². The van der Waals surface area contributed by atoms with Crippen LogP contribution in [0.4, 0.5) is 0 Å². The average Bonchev–Trinajstić information content (AvgIpc) is 3.51. The van der Waals surface area contributed by atoms with Crippen LogP contribution in [-0.2, 0) is 0 Å². The molecule has 1 aliphatic rings. The zero-order valence-electron chi connectivity index (χ0n) is 19.5. The highest BCUT2D eigenvalue weighted by Gasteiger charge is 2.35. The van der Waals surface area contributed by atoms with E-state index < -0.39 is 0 Å². The quantitative estimate of drug-likeness (QED) is 0.392. The standard InChI is InChI=1S/C25H28ClN3O5/c1-4-31-20-14-16(15-21(32-5-2)22(20)33-6-3)25(30)29-13-9-12-19(29)24-27-23(28-34-24)17-10-7-8-11-18(17)26/h7-8,10-11,14-15,19H,4-6,9,12-13H2,1-3H3/t19-/m1/s1. The fourth-order valence-electron chi connectivity index (χ4n) is 4.07. The van der Waals surface area contributed by atoms with Crippen LogP contribution in [0.25, 0.3) is 11.4 Å². The molecular weight excluding hydrogens is 458 g/mol. The number of likely N-dealkylation sites (tertiary alicyclic amines) is 1. The van der Waals surface area contributed by atoms with Crippen molar-refractivity contribution in [3.63, 3.8) is 0 Å². The van der Waals surface area contributed by atoms with Gasteiger partial charge in [-0.1, -0.05) is 28.9 Å². The number of amides is 1. The molecular formula is C25H28ClN3O5. The Kier molecular flexibility index (Phi) is 7.57. The fourth-order valence-corrected chi connectivity index (χ4v) is 4.29. The van der Waals surface area contributed by atoms with Crippen LogP contribution in [0.15, 0.2) is 40.9 Å². The van der Waals surface area contributed by atoms with Gasteiger partial charge in [0.1, 0.15) is 6.04 Å². The lowest BCUT2D eigenvalue weighted by molar-refractivity contribution is 0.0709. The normalized spacial score (nSPS) is 15.4. The van der Waals surface area contributed by atoms with E-state index in [9.17, 15) is 4.79 Å². The molecule has 1 atom stereocenters. The summed E-state index contributed by atoms with van der Waals surface area (Å²) >= 11 is 6.28. The van der Waals surface area contributed by atoms with Crippen LogP contribution in [0.3, 0.4) is 0 Å². The Hall–Kier alpha value is -3.26. The van der Waals surface area contributed by atoms with Crippen molar-refractivity contribution in [1.82, 2.24) is 15.0 Å². The first-order valence-corrected chi connectivity index (χ1v) is 11.9. The van der Waals surface area contributed by atoms with Crippen molar-refractivity contribution in [2.75, 3.05) is 26.4 Å². The predicted octanol–water partition coefficient (Wildman–Crippen LogP) is 5.56. The summed E-state index contributed by atoms with van der Waals surface area (Å²) in [6.07, 6.45) is 1.55. The molecule has 8 nitrogen and oxygen atoms in total. The van der Waals surface area contributed by atoms with Gasteiger partial charge in [-0.05, 0) is 57.9 Å². The minimum atomic E-state index is -0.325. The number of rotatable bonds is 9. The van der Waals surface area contributed by atoms with Crippen molar-refractivity contribution in [3.05, 3.63) is 52.9 Å². The smallest absolute Gasteiger partial charge is 0.254 e. The summed E-state index contributed by atoms with van der Waals surface area (Å²) in [5.41, 5.74) is 1.14. The first kappa shape index (κ1) is 23.9. The first-order chi connectivity index (χ1) is 16.6. The summed E-state index contributed by atoms with van der Waals surface area (Å²) < 4.78 is 22.9. The van der Waals surface area contributed by atoms with E-state index in [0.29, 0.717) is 71.5 Å². The van der Waals surface area contributed by atoms with E-state index in [0.717, 1.165) is 12.8 Å². The highest BCUT2D eigenvalue weighted by molar-refractivity contribution is 6.33. The van der Waals surface area contributed by atoms with Gasteiger partial charge in [0.25, 0.3) is 5.91 Å². The molecule has 2 heterocycles. The highest BCUT2D eigenvalue weighted by atomic mass is 35.5. The number of benzene rings is 2. The number of hydrogen-bond donors (Lipinski definition) is 0. The highest BCUT2D eigenvalue weighted by Crippen LogP contribution is 2.41. The molecule has 180 valence electrons. The number of aromatic nitrogens is 2. The Morgan fingerprint density at radius 3 is 2.41 bits per heavy atom. The zero-order valence-corrected chi connectivity index (χ0v) is 20.3. The minimum Gasteiger partial charge on any atom is -0.490 e. The molecule has 1 saturated heterocycles. The Labute approximate surface area is 203 Å². The number of nitrogens with zero attached hydrogens (tertiary/aromatic N) is 3. The van der Waals surface area contributed by atoms with Crippen LogP contribution in [0.1, 0.15) is 55.9 Å². The van der Waals surface area contributed by atoms with E-state index in [-0.39, 0.29) is 11.9 Å². The van der Waals surface area contributed by atoms with Crippen molar-refractivity contribution in [3.8, 4) is 28.6 Å². The van der Waals surface area contributed by atoms with Gasteiger partial charge in [-0.25, -0.2) is 0 Å². The van der Waals surface area contributed by atoms with Gasteiger partial charge in [0, 0.05) is 17.7 Å². The average molecular weight is 486 g/mol. The largest absolute Gasteiger partial charge is 0.490 e. The second kappa shape index (κ2) is 10.8. The van der Waals surface area contributed by atoms with Gasteiger partial charge in [0.05, 0.1) is 24.8 Å². The maximum atomic E-state index is 13.6. The monoisotopic (exact) mass is 485 g/mol. The summed E-state index contributed by atoms with van der Waals surface area (Å²) in [6.45, 7) is 7.55. The molecule has 1 amide bonds. The van der Waals surface area contributed by atoms with E-state index in [2.05, 4.69) is 10.1 Å². The summed E-state index contributed by atoms with van der Waals surface area (Å²) in [4.78, 5) is 19.9. The SMILES string of the molecule is CCOc1cc(C(=O)N2CCC[C@@H]2c2nc(-c3ccccc3Cl)no2)cc(OCC)c1OCC. The van der Waals surface area contributed by atoms with Crippen LogP contribution in [0.5, 0.6) is 17.2 Å². The number of halogens is 1. The molecule has 0 saturated carbocycles. The lowest BCUT2D eigenvalue weighted by atomic mass is 10.1. The van der Waals surface area contributed by atoms with Gasteiger partial charge in [-0.15, -0.1) is 0 Å². The van der Waals surface area contributed by atoms with Gasteiger partial charge in [0.15, 0.2) is 11.5 Å². The molecule has 1 fully saturated rings. The molecule has 0 spiro atoms.